The predicted octanol–water partition coefficient (Wildman–Crippen LogP) is 10.5. The van der Waals surface area contributed by atoms with Crippen LogP contribution in [0.5, 0.6) is 0 Å². The molecule has 2 atom stereocenters. The zero-order valence-electron chi connectivity index (χ0n) is 27.8. The zero-order valence-corrected chi connectivity index (χ0v) is 27.8. The molecular weight excluding hydrogens is 518 g/mol. The Bertz CT molecular complexity index is 682. The highest BCUT2D eigenvalue weighted by molar-refractivity contribution is 5.76. The van der Waals surface area contributed by atoms with Crippen LogP contribution < -0.4 is 5.32 Å². The smallest absolute Gasteiger partial charge is 0.220 e. The molecule has 0 aromatic heterocycles. The second-order valence-corrected chi connectivity index (χ2v) is 11.9. The molecule has 0 aliphatic rings. The number of amides is 1. The van der Waals surface area contributed by atoms with Crippen LogP contribution in [0.4, 0.5) is 0 Å². The summed E-state index contributed by atoms with van der Waals surface area (Å²) in [5, 5.41) is 22.9. The third-order valence-corrected chi connectivity index (χ3v) is 7.82. The topological polar surface area (TPSA) is 69.6 Å². The summed E-state index contributed by atoms with van der Waals surface area (Å²) in [6.45, 7) is 4.17. The van der Waals surface area contributed by atoms with Gasteiger partial charge in [0.25, 0.3) is 0 Å². The van der Waals surface area contributed by atoms with E-state index in [4.69, 9.17) is 0 Å². The van der Waals surface area contributed by atoms with Crippen LogP contribution in [0.25, 0.3) is 0 Å². The number of aliphatic hydroxyl groups excluding tert-OH is 2. The van der Waals surface area contributed by atoms with Gasteiger partial charge in [-0.3, -0.25) is 4.79 Å². The van der Waals surface area contributed by atoms with Crippen LogP contribution in [0.1, 0.15) is 168 Å². The molecule has 2 unspecified atom stereocenters. The van der Waals surface area contributed by atoms with Gasteiger partial charge in [0.1, 0.15) is 0 Å². The van der Waals surface area contributed by atoms with E-state index in [1.165, 1.54) is 89.9 Å². The normalized spacial score (nSPS) is 13.7. The molecule has 0 aromatic carbocycles. The number of aliphatic hydroxyl groups is 2. The Balaban J connectivity index is 3.67. The number of carbonyl (C=O) groups is 1. The van der Waals surface area contributed by atoms with Crippen LogP contribution in [0.15, 0.2) is 48.6 Å². The van der Waals surface area contributed by atoms with E-state index in [2.05, 4.69) is 55.6 Å². The van der Waals surface area contributed by atoms with Crippen LogP contribution in [0.2, 0.25) is 0 Å². The van der Waals surface area contributed by atoms with Crippen LogP contribution >= 0.6 is 0 Å². The van der Waals surface area contributed by atoms with Crippen LogP contribution in [0, 0.1) is 0 Å². The van der Waals surface area contributed by atoms with Crippen LogP contribution in [-0.2, 0) is 4.79 Å². The number of hydrogen-bond acceptors (Lipinski definition) is 3. The number of allylic oxidation sites excluding steroid dienone is 7. The highest BCUT2D eigenvalue weighted by Crippen LogP contribution is 2.13. The van der Waals surface area contributed by atoms with Crippen molar-refractivity contribution in [3.63, 3.8) is 0 Å². The lowest BCUT2D eigenvalue weighted by Crippen LogP contribution is -2.45. The molecule has 0 aliphatic heterocycles. The maximum absolute atomic E-state index is 12.3. The van der Waals surface area contributed by atoms with Gasteiger partial charge >= 0.3 is 0 Å². The summed E-state index contributed by atoms with van der Waals surface area (Å²) >= 11 is 0. The van der Waals surface area contributed by atoms with E-state index in [0.717, 1.165) is 57.8 Å². The Kier molecular flexibility index (Phi) is 32.5. The average Bonchev–Trinajstić information content (AvgIpc) is 2.99. The van der Waals surface area contributed by atoms with E-state index in [-0.39, 0.29) is 12.5 Å². The van der Waals surface area contributed by atoms with E-state index >= 15 is 0 Å². The first-order valence-electron chi connectivity index (χ1n) is 17.9. The fraction of sp³-hybridized carbons (Fsp3) is 0.763. The van der Waals surface area contributed by atoms with Gasteiger partial charge < -0.3 is 15.5 Å². The molecule has 0 bridgehead atoms. The second-order valence-electron chi connectivity index (χ2n) is 11.9. The Morgan fingerprint density at radius 1 is 0.595 bits per heavy atom. The van der Waals surface area contributed by atoms with Crippen LogP contribution in [0.3, 0.4) is 0 Å². The van der Waals surface area contributed by atoms with E-state index in [0.29, 0.717) is 6.42 Å². The number of nitrogens with one attached hydrogen (secondary N) is 1. The van der Waals surface area contributed by atoms with Crippen molar-refractivity contribution in [1.82, 2.24) is 5.32 Å². The van der Waals surface area contributed by atoms with Crippen molar-refractivity contribution in [2.24, 2.45) is 0 Å². The minimum atomic E-state index is -0.842. The molecule has 0 rings (SSSR count). The summed E-state index contributed by atoms with van der Waals surface area (Å²) in [7, 11) is 0. The fourth-order valence-corrected chi connectivity index (χ4v) is 5.07. The summed E-state index contributed by atoms with van der Waals surface area (Å²) < 4.78 is 0. The van der Waals surface area contributed by atoms with Crippen molar-refractivity contribution < 1.29 is 15.0 Å². The van der Waals surface area contributed by atoms with Crippen molar-refractivity contribution in [2.75, 3.05) is 6.61 Å². The monoisotopic (exact) mass is 588 g/mol. The number of rotatable bonds is 31. The Labute approximate surface area is 261 Å². The first-order chi connectivity index (χ1) is 20.7. The minimum Gasteiger partial charge on any atom is -0.394 e. The number of hydrogen-bond donors (Lipinski definition) is 3. The fourth-order valence-electron chi connectivity index (χ4n) is 5.07. The molecule has 0 aliphatic carbocycles. The molecule has 1 amide bonds. The van der Waals surface area contributed by atoms with E-state index in [1.54, 1.807) is 6.08 Å². The van der Waals surface area contributed by atoms with Gasteiger partial charge in [-0.25, -0.2) is 0 Å². The van der Waals surface area contributed by atoms with Gasteiger partial charge in [-0.1, -0.05) is 159 Å². The van der Waals surface area contributed by atoms with Crippen LogP contribution in [-0.4, -0.2) is 34.9 Å². The van der Waals surface area contributed by atoms with Crippen molar-refractivity contribution >= 4 is 5.91 Å². The maximum atomic E-state index is 12.3. The lowest BCUT2D eigenvalue weighted by molar-refractivity contribution is -0.123. The highest BCUT2D eigenvalue weighted by Gasteiger charge is 2.17. The number of carbonyl (C=O) groups excluding carboxylic acids is 1. The quantitative estimate of drug-likeness (QED) is 0.0558. The standard InChI is InChI=1S/C38H69NO3/c1-3-5-7-9-11-13-15-17-18-19-20-22-24-26-28-30-32-34-38(42)39-36(35-40)37(41)33-31-29-27-25-23-21-16-14-12-10-8-6-4-2/h5,7,11,13,17-18,31,33,36-37,40-41H,3-4,6,8-10,12,14-16,19-30,32,34-35H2,1-2H3,(H,39,42)/b7-5-,13-11-,18-17-,33-31+. The molecule has 42 heavy (non-hydrogen) atoms. The molecule has 0 radical (unpaired) electrons. The minimum absolute atomic E-state index is 0.0779. The molecule has 4 nitrogen and oxygen atoms in total. The first-order valence-corrected chi connectivity index (χ1v) is 17.9. The molecule has 0 fully saturated rings. The first kappa shape index (κ1) is 40.4. The predicted molar refractivity (Wildman–Crippen MR) is 184 cm³/mol. The summed E-state index contributed by atoms with van der Waals surface area (Å²) in [5.41, 5.74) is 0. The largest absolute Gasteiger partial charge is 0.394 e. The Morgan fingerprint density at radius 3 is 1.57 bits per heavy atom. The molecular formula is C38H69NO3. The molecule has 244 valence electrons. The molecule has 0 heterocycles. The summed E-state index contributed by atoms with van der Waals surface area (Å²) in [6.07, 6.45) is 44.7. The molecule has 4 heteroatoms. The zero-order chi connectivity index (χ0) is 30.8. The summed E-state index contributed by atoms with van der Waals surface area (Å²) in [5.74, 6) is -0.0779. The van der Waals surface area contributed by atoms with Gasteiger partial charge in [0, 0.05) is 6.42 Å². The lowest BCUT2D eigenvalue weighted by atomic mass is 10.0. The molecule has 0 spiro atoms. The Hall–Kier alpha value is -1.65. The van der Waals surface area contributed by atoms with E-state index < -0.39 is 12.1 Å². The average molecular weight is 588 g/mol. The van der Waals surface area contributed by atoms with Crippen molar-refractivity contribution in [2.45, 2.75) is 180 Å². The van der Waals surface area contributed by atoms with Gasteiger partial charge in [-0.2, -0.15) is 0 Å². The van der Waals surface area contributed by atoms with Crippen molar-refractivity contribution in [1.29, 1.82) is 0 Å². The molecule has 3 N–H and O–H groups in total. The van der Waals surface area contributed by atoms with Gasteiger partial charge in [-0.05, 0) is 51.4 Å². The highest BCUT2D eigenvalue weighted by atomic mass is 16.3. The van der Waals surface area contributed by atoms with Gasteiger partial charge in [0.15, 0.2) is 0 Å². The Morgan fingerprint density at radius 2 is 1.05 bits per heavy atom. The van der Waals surface area contributed by atoms with Gasteiger partial charge in [0.2, 0.25) is 5.91 Å². The van der Waals surface area contributed by atoms with E-state index in [1.807, 2.05) is 6.08 Å². The third kappa shape index (κ3) is 29.8. The van der Waals surface area contributed by atoms with E-state index in [9.17, 15) is 15.0 Å². The number of unbranched alkanes of at least 4 members (excludes halogenated alkanes) is 18. The molecule has 0 saturated carbocycles. The SMILES string of the molecule is CC/C=C\C/C=C\C/C=C\CCCCCCCCCC(=O)NC(CO)C(O)/C=C/CCCCCCCCCCCCC. The second kappa shape index (κ2) is 33.8. The molecule has 0 aromatic rings. The van der Waals surface area contributed by atoms with Crippen molar-refractivity contribution in [3.05, 3.63) is 48.6 Å². The molecule has 0 saturated heterocycles. The third-order valence-electron chi connectivity index (χ3n) is 7.82. The maximum Gasteiger partial charge on any atom is 0.220 e. The summed E-state index contributed by atoms with van der Waals surface area (Å²) in [4.78, 5) is 12.3. The van der Waals surface area contributed by atoms with Gasteiger partial charge in [0.05, 0.1) is 18.8 Å². The van der Waals surface area contributed by atoms with Gasteiger partial charge in [-0.15, -0.1) is 0 Å². The summed E-state index contributed by atoms with van der Waals surface area (Å²) in [6, 6.07) is -0.626. The lowest BCUT2D eigenvalue weighted by Gasteiger charge is -2.20. The van der Waals surface area contributed by atoms with Crippen molar-refractivity contribution in [3.8, 4) is 0 Å².